The first-order chi connectivity index (χ1) is 6.72. The van der Waals surface area contributed by atoms with E-state index < -0.39 is 0 Å². The fraction of sp³-hybridized carbons (Fsp3) is 0.500. The monoisotopic (exact) mass is 192 g/mol. The van der Waals surface area contributed by atoms with E-state index in [2.05, 4.69) is 48.7 Å². The highest BCUT2D eigenvalue weighted by Gasteiger charge is 1.99. The first-order valence-corrected chi connectivity index (χ1v) is 5.16. The quantitative estimate of drug-likeness (QED) is 0.742. The van der Waals surface area contributed by atoms with Gasteiger partial charge in [0, 0.05) is 19.1 Å². The van der Waals surface area contributed by atoms with Crippen LogP contribution in [0.5, 0.6) is 0 Å². The van der Waals surface area contributed by atoms with Crippen LogP contribution in [-0.4, -0.2) is 19.6 Å². The molecule has 0 bridgehead atoms. The lowest BCUT2D eigenvalue weighted by atomic mass is 10.1. The van der Waals surface area contributed by atoms with Gasteiger partial charge in [-0.2, -0.15) is 0 Å². The fourth-order valence-corrected chi connectivity index (χ4v) is 1.49. The number of aryl methyl sites for hydroxylation is 1. The number of nitrogens with one attached hydrogen (secondary N) is 2. The molecule has 0 saturated heterocycles. The number of likely N-dealkylation sites (N-methyl/N-ethyl adjacent to an activating group) is 1. The number of benzene rings is 1. The molecule has 2 nitrogen and oxygen atoms in total. The molecule has 0 spiro atoms. The summed E-state index contributed by atoms with van der Waals surface area (Å²) in [5, 5.41) is 6.62. The zero-order chi connectivity index (χ0) is 10.4. The highest BCUT2D eigenvalue weighted by atomic mass is 15.0. The molecule has 0 aliphatic heterocycles. The second-order valence-corrected chi connectivity index (χ2v) is 3.83. The molecular formula is C12H20N2. The predicted molar refractivity (Wildman–Crippen MR) is 61.4 cm³/mol. The van der Waals surface area contributed by atoms with Gasteiger partial charge in [0.05, 0.1) is 0 Å². The average Bonchev–Trinajstić information content (AvgIpc) is 2.15. The summed E-state index contributed by atoms with van der Waals surface area (Å²) in [5.41, 5.74) is 2.68. The van der Waals surface area contributed by atoms with Crippen LogP contribution >= 0.6 is 0 Å². The van der Waals surface area contributed by atoms with Gasteiger partial charge in [-0.15, -0.1) is 0 Å². The molecule has 78 valence electrons. The third-order valence-corrected chi connectivity index (χ3v) is 2.25. The summed E-state index contributed by atoms with van der Waals surface area (Å²) in [6.45, 7) is 6.27. The summed E-state index contributed by atoms with van der Waals surface area (Å²) in [7, 11) is 1.98. The van der Waals surface area contributed by atoms with E-state index in [1.54, 1.807) is 0 Å². The highest BCUT2D eigenvalue weighted by Crippen LogP contribution is 2.03. The van der Waals surface area contributed by atoms with Crippen LogP contribution < -0.4 is 10.6 Å². The van der Waals surface area contributed by atoms with Crippen LogP contribution in [0.1, 0.15) is 18.1 Å². The Labute approximate surface area is 86.7 Å². The van der Waals surface area contributed by atoms with Gasteiger partial charge in [0.25, 0.3) is 0 Å². The second-order valence-electron chi connectivity index (χ2n) is 3.83. The average molecular weight is 192 g/mol. The van der Waals surface area contributed by atoms with E-state index in [1.807, 2.05) is 7.05 Å². The second kappa shape index (κ2) is 5.78. The van der Waals surface area contributed by atoms with Gasteiger partial charge < -0.3 is 10.6 Å². The van der Waals surface area contributed by atoms with Gasteiger partial charge >= 0.3 is 0 Å². The summed E-state index contributed by atoms with van der Waals surface area (Å²) in [6, 6.07) is 9.13. The smallest absolute Gasteiger partial charge is 0.0208 e. The maximum absolute atomic E-state index is 3.46. The molecule has 0 aromatic heterocycles. The van der Waals surface area contributed by atoms with E-state index in [9.17, 15) is 0 Å². The zero-order valence-corrected chi connectivity index (χ0v) is 9.30. The van der Waals surface area contributed by atoms with E-state index in [-0.39, 0.29) is 0 Å². The Bertz CT molecular complexity index is 271. The minimum absolute atomic E-state index is 0.514. The molecule has 0 aliphatic carbocycles. The topological polar surface area (TPSA) is 24.1 Å². The molecule has 0 radical (unpaired) electrons. The van der Waals surface area contributed by atoms with Crippen molar-refractivity contribution >= 4 is 0 Å². The molecule has 1 aromatic rings. The molecule has 14 heavy (non-hydrogen) atoms. The van der Waals surface area contributed by atoms with E-state index in [4.69, 9.17) is 0 Å². The summed E-state index contributed by atoms with van der Waals surface area (Å²) < 4.78 is 0. The van der Waals surface area contributed by atoms with E-state index in [0.717, 1.165) is 13.1 Å². The van der Waals surface area contributed by atoms with E-state index in [0.29, 0.717) is 6.04 Å². The summed E-state index contributed by atoms with van der Waals surface area (Å²) in [5.74, 6) is 0. The van der Waals surface area contributed by atoms with E-state index >= 15 is 0 Å². The zero-order valence-electron chi connectivity index (χ0n) is 9.30. The SMILES string of the molecule is CNCC(C)NCc1cccc(C)c1. The Morgan fingerprint density at radius 1 is 1.36 bits per heavy atom. The molecule has 0 fully saturated rings. The van der Waals surface area contributed by atoms with Crippen molar-refractivity contribution in [1.29, 1.82) is 0 Å². The lowest BCUT2D eigenvalue weighted by Crippen LogP contribution is -2.34. The van der Waals surface area contributed by atoms with Gasteiger partial charge in [-0.05, 0) is 26.5 Å². The van der Waals surface area contributed by atoms with Crippen LogP contribution in [-0.2, 0) is 6.54 Å². The predicted octanol–water partition coefficient (Wildman–Crippen LogP) is 1.69. The lowest BCUT2D eigenvalue weighted by Gasteiger charge is -2.13. The third-order valence-electron chi connectivity index (χ3n) is 2.25. The molecule has 0 heterocycles. The minimum Gasteiger partial charge on any atom is -0.318 e. The number of rotatable bonds is 5. The Balaban J connectivity index is 2.37. The van der Waals surface area contributed by atoms with Gasteiger partial charge in [-0.3, -0.25) is 0 Å². The molecule has 0 aliphatic rings. The molecular weight excluding hydrogens is 172 g/mol. The van der Waals surface area contributed by atoms with Crippen LogP contribution in [0, 0.1) is 6.92 Å². The van der Waals surface area contributed by atoms with Gasteiger partial charge in [0.15, 0.2) is 0 Å². The standard InChI is InChI=1S/C12H20N2/c1-10-5-4-6-12(7-10)9-14-11(2)8-13-3/h4-7,11,13-14H,8-9H2,1-3H3. The largest absolute Gasteiger partial charge is 0.318 e. The fourth-order valence-electron chi connectivity index (χ4n) is 1.49. The summed E-state index contributed by atoms with van der Waals surface area (Å²) >= 11 is 0. The van der Waals surface area contributed by atoms with Gasteiger partial charge in [-0.1, -0.05) is 29.8 Å². The maximum Gasteiger partial charge on any atom is 0.0208 e. The first kappa shape index (κ1) is 11.2. The van der Waals surface area contributed by atoms with Crippen molar-refractivity contribution in [3.63, 3.8) is 0 Å². The van der Waals surface area contributed by atoms with Crippen LogP contribution in [0.3, 0.4) is 0 Å². The lowest BCUT2D eigenvalue weighted by molar-refractivity contribution is 0.523. The molecule has 0 saturated carbocycles. The Hall–Kier alpha value is -0.860. The molecule has 0 amide bonds. The molecule has 2 N–H and O–H groups in total. The number of hydrogen-bond donors (Lipinski definition) is 2. The van der Waals surface area contributed by atoms with Crippen molar-refractivity contribution in [1.82, 2.24) is 10.6 Å². The van der Waals surface area contributed by atoms with Crippen molar-refractivity contribution in [3.8, 4) is 0 Å². The van der Waals surface area contributed by atoms with Crippen LogP contribution in [0.15, 0.2) is 24.3 Å². The molecule has 1 rings (SSSR count). The Kier molecular flexibility index (Phi) is 4.63. The maximum atomic E-state index is 3.46. The van der Waals surface area contributed by atoms with Crippen LogP contribution in [0.2, 0.25) is 0 Å². The molecule has 2 heteroatoms. The molecule has 1 unspecified atom stereocenters. The van der Waals surface area contributed by atoms with Crippen molar-refractivity contribution in [2.24, 2.45) is 0 Å². The van der Waals surface area contributed by atoms with Gasteiger partial charge in [0.2, 0.25) is 0 Å². The molecule has 1 atom stereocenters. The van der Waals surface area contributed by atoms with Crippen LogP contribution in [0.4, 0.5) is 0 Å². The third kappa shape index (κ3) is 3.90. The van der Waals surface area contributed by atoms with Crippen molar-refractivity contribution in [2.75, 3.05) is 13.6 Å². The summed E-state index contributed by atoms with van der Waals surface area (Å²) in [4.78, 5) is 0. The Morgan fingerprint density at radius 2 is 2.14 bits per heavy atom. The normalized spacial score (nSPS) is 12.8. The van der Waals surface area contributed by atoms with Gasteiger partial charge in [0.1, 0.15) is 0 Å². The van der Waals surface area contributed by atoms with Crippen molar-refractivity contribution < 1.29 is 0 Å². The van der Waals surface area contributed by atoms with Crippen LogP contribution in [0.25, 0.3) is 0 Å². The first-order valence-electron chi connectivity index (χ1n) is 5.16. The minimum atomic E-state index is 0.514. The number of hydrogen-bond acceptors (Lipinski definition) is 2. The Morgan fingerprint density at radius 3 is 2.79 bits per heavy atom. The van der Waals surface area contributed by atoms with E-state index in [1.165, 1.54) is 11.1 Å². The summed E-state index contributed by atoms with van der Waals surface area (Å²) in [6.07, 6.45) is 0. The molecule has 1 aromatic carbocycles. The van der Waals surface area contributed by atoms with Crippen molar-refractivity contribution in [2.45, 2.75) is 26.4 Å². The highest BCUT2D eigenvalue weighted by molar-refractivity contribution is 5.21. The van der Waals surface area contributed by atoms with Gasteiger partial charge in [-0.25, -0.2) is 0 Å². The van der Waals surface area contributed by atoms with Crippen molar-refractivity contribution in [3.05, 3.63) is 35.4 Å².